The minimum absolute atomic E-state index is 0.134. The molecule has 8 heteroatoms. The maximum atomic E-state index is 14.6. The average Bonchev–Trinajstić information content (AvgIpc) is 2.66. The normalized spacial score (nSPS) is 30.8. The summed E-state index contributed by atoms with van der Waals surface area (Å²) >= 11 is 0. The van der Waals surface area contributed by atoms with E-state index in [0.29, 0.717) is 5.84 Å². The zero-order valence-electron chi connectivity index (χ0n) is 16.2. The number of halogens is 2. The van der Waals surface area contributed by atoms with Crippen LogP contribution in [0.3, 0.4) is 0 Å². The highest BCUT2D eigenvalue weighted by Gasteiger charge is 2.61. The zero-order chi connectivity index (χ0) is 19.9. The molecule has 2 aliphatic heterocycles. The molecule has 0 aromatic rings. The standard InChI is InChI=1S/C18H29F2N3O3/c1-11-21-13(22-16(2,3)4)8-9-23(11)15-18(19,20)14(24)12(26-15)10-25-17(5,6)7/h8-9,12,14-15,24H,1,10H2,2-7H3,(H,21,22)/t12-,14?,15-/m1/s1. The molecule has 0 radical (unpaired) electrons. The highest BCUT2D eigenvalue weighted by molar-refractivity contribution is 5.95. The van der Waals surface area contributed by atoms with E-state index >= 15 is 0 Å². The van der Waals surface area contributed by atoms with Gasteiger partial charge in [0, 0.05) is 6.20 Å². The number of aliphatic imine (C=N–C) groups is 1. The van der Waals surface area contributed by atoms with Crippen molar-refractivity contribution in [2.75, 3.05) is 6.61 Å². The molecule has 1 saturated heterocycles. The van der Waals surface area contributed by atoms with E-state index in [1.807, 2.05) is 20.8 Å². The number of nitrogens with one attached hydrogen (secondary N) is 1. The maximum absolute atomic E-state index is 14.6. The van der Waals surface area contributed by atoms with Crippen molar-refractivity contribution < 1.29 is 23.4 Å². The van der Waals surface area contributed by atoms with Gasteiger partial charge in [-0.2, -0.15) is 8.78 Å². The summed E-state index contributed by atoms with van der Waals surface area (Å²) in [5.74, 6) is -2.77. The Balaban J connectivity index is 2.16. The fourth-order valence-corrected chi connectivity index (χ4v) is 2.58. The number of hydrogen-bond acceptors (Lipinski definition) is 5. The molecule has 0 spiro atoms. The molecule has 0 aromatic carbocycles. The smallest absolute Gasteiger partial charge is 0.320 e. The van der Waals surface area contributed by atoms with Crippen LogP contribution in [0, 0.1) is 0 Å². The lowest BCUT2D eigenvalue weighted by atomic mass is 10.1. The van der Waals surface area contributed by atoms with Crippen LogP contribution in [0.1, 0.15) is 41.5 Å². The van der Waals surface area contributed by atoms with Crippen molar-refractivity contribution >= 4 is 5.84 Å². The van der Waals surface area contributed by atoms with E-state index < -0.39 is 30.0 Å². The first-order chi connectivity index (χ1) is 11.7. The van der Waals surface area contributed by atoms with Crippen molar-refractivity contribution in [3.8, 4) is 0 Å². The summed E-state index contributed by atoms with van der Waals surface area (Å²) in [6, 6.07) is 0. The van der Waals surface area contributed by atoms with Crippen molar-refractivity contribution in [2.45, 2.75) is 77.0 Å². The van der Waals surface area contributed by atoms with Gasteiger partial charge in [-0.15, -0.1) is 0 Å². The van der Waals surface area contributed by atoms with Crippen LogP contribution in [0.4, 0.5) is 8.78 Å². The van der Waals surface area contributed by atoms with Gasteiger partial charge in [0.05, 0.1) is 17.7 Å². The van der Waals surface area contributed by atoms with Crippen LogP contribution in [-0.2, 0) is 9.47 Å². The van der Waals surface area contributed by atoms with Gasteiger partial charge >= 0.3 is 5.92 Å². The van der Waals surface area contributed by atoms with Crippen LogP contribution in [0.2, 0.25) is 0 Å². The monoisotopic (exact) mass is 373 g/mol. The molecule has 1 fully saturated rings. The highest BCUT2D eigenvalue weighted by atomic mass is 19.3. The third-order valence-corrected chi connectivity index (χ3v) is 3.75. The first-order valence-corrected chi connectivity index (χ1v) is 8.58. The van der Waals surface area contributed by atoms with Gasteiger partial charge in [-0.05, 0) is 47.6 Å². The summed E-state index contributed by atoms with van der Waals surface area (Å²) in [5.41, 5.74) is -0.848. The topological polar surface area (TPSA) is 66.3 Å². The van der Waals surface area contributed by atoms with Gasteiger partial charge in [-0.1, -0.05) is 6.58 Å². The molecule has 0 aliphatic carbocycles. The largest absolute Gasteiger partial charge is 0.384 e. The molecule has 2 aliphatic rings. The van der Waals surface area contributed by atoms with Crippen molar-refractivity contribution in [3.05, 3.63) is 24.7 Å². The lowest BCUT2D eigenvalue weighted by Gasteiger charge is -2.35. The number of amidine groups is 1. The Morgan fingerprint density at radius 3 is 2.46 bits per heavy atom. The molecule has 6 nitrogen and oxygen atoms in total. The second-order valence-electron chi connectivity index (χ2n) is 8.53. The number of ether oxygens (including phenoxy) is 2. The fourth-order valence-electron chi connectivity index (χ4n) is 2.58. The molecule has 3 atom stereocenters. The van der Waals surface area contributed by atoms with Crippen molar-refractivity contribution in [2.24, 2.45) is 4.99 Å². The van der Waals surface area contributed by atoms with Crippen molar-refractivity contribution in [1.82, 2.24) is 10.2 Å². The molecule has 2 rings (SSSR count). The van der Waals surface area contributed by atoms with Gasteiger partial charge in [0.2, 0.25) is 6.23 Å². The van der Waals surface area contributed by atoms with Gasteiger partial charge < -0.3 is 24.8 Å². The van der Waals surface area contributed by atoms with Crippen LogP contribution >= 0.6 is 0 Å². The van der Waals surface area contributed by atoms with Gasteiger partial charge in [0.25, 0.3) is 0 Å². The number of nitrogens with zero attached hydrogens (tertiary/aromatic N) is 2. The Morgan fingerprint density at radius 2 is 1.96 bits per heavy atom. The summed E-state index contributed by atoms with van der Waals surface area (Å²) < 4.78 is 40.1. The molecular weight excluding hydrogens is 344 g/mol. The first kappa shape index (κ1) is 20.8. The molecule has 0 bridgehead atoms. The number of alkyl halides is 2. The summed E-state index contributed by atoms with van der Waals surface area (Å²) in [6.45, 7) is 14.8. The molecule has 0 saturated carbocycles. The van der Waals surface area contributed by atoms with E-state index in [2.05, 4.69) is 16.9 Å². The van der Waals surface area contributed by atoms with Crippen LogP contribution in [0.25, 0.3) is 0 Å². The maximum Gasteiger partial charge on any atom is 0.320 e. The average molecular weight is 373 g/mol. The summed E-state index contributed by atoms with van der Waals surface area (Å²) in [7, 11) is 0. The van der Waals surface area contributed by atoms with E-state index in [0.717, 1.165) is 0 Å². The number of rotatable bonds is 3. The first-order valence-electron chi connectivity index (χ1n) is 8.58. The van der Waals surface area contributed by atoms with Gasteiger partial charge in [-0.3, -0.25) is 4.99 Å². The van der Waals surface area contributed by atoms with E-state index in [9.17, 15) is 13.9 Å². The molecule has 0 aromatic heterocycles. The van der Waals surface area contributed by atoms with Gasteiger partial charge in [-0.25, -0.2) is 0 Å². The molecular formula is C18H29F2N3O3. The Bertz CT molecular complexity index is 606. The molecule has 26 heavy (non-hydrogen) atoms. The lowest BCUT2D eigenvalue weighted by molar-refractivity contribution is -0.150. The van der Waals surface area contributed by atoms with Crippen LogP contribution in [0.5, 0.6) is 0 Å². The zero-order valence-corrected chi connectivity index (χ0v) is 16.2. The van der Waals surface area contributed by atoms with Gasteiger partial charge in [0.15, 0.2) is 6.10 Å². The van der Waals surface area contributed by atoms with Crippen LogP contribution in [-0.4, -0.2) is 57.9 Å². The summed E-state index contributed by atoms with van der Waals surface area (Å²) in [6.07, 6.45) is -1.79. The van der Waals surface area contributed by atoms with E-state index in [1.165, 1.54) is 11.1 Å². The van der Waals surface area contributed by atoms with E-state index in [-0.39, 0.29) is 18.0 Å². The second kappa shape index (κ2) is 6.90. The SMILES string of the molecule is C=C1NC(=NC(C)(C)C)C=CN1[C@@H]1O[C@H](COC(C)(C)C)C(O)C1(F)F. The summed E-state index contributed by atoms with van der Waals surface area (Å²) in [4.78, 5) is 5.60. The van der Waals surface area contributed by atoms with E-state index in [1.54, 1.807) is 26.8 Å². The summed E-state index contributed by atoms with van der Waals surface area (Å²) in [5, 5.41) is 12.9. The Labute approximate surface area is 153 Å². The number of hydrogen-bond donors (Lipinski definition) is 2. The minimum atomic E-state index is -3.49. The third-order valence-electron chi connectivity index (χ3n) is 3.75. The third kappa shape index (κ3) is 4.81. The molecule has 2 heterocycles. The number of aliphatic hydroxyl groups excluding tert-OH is 1. The molecule has 148 valence electrons. The molecule has 0 amide bonds. The van der Waals surface area contributed by atoms with E-state index in [4.69, 9.17) is 9.47 Å². The Kier molecular flexibility index (Phi) is 5.52. The quantitative estimate of drug-likeness (QED) is 0.796. The second-order valence-corrected chi connectivity index (χ2v) is 8.53. The van der Waals surface area contributed by atoms with Crippen LogP contribution in [0.15, 0.2) is 29.7 Å². The van der Waals surface area contributed by atoms with Crippen molar-refractivity contribution in [1.29, 1.82) is 0 Å². The number of aliphatic hydroxyl groups is 1. The molecule has 1 unspecified atom stereocenters. The predicted molar refractivity (Wildman–Crippen MR) is 95.8 cm³/mol. The fraction of sp³-hybridized carbons (Fsp3) is 0.722. The predicted octanol–water partition coefficient (Wildman–Crippen LogP) is 2.61. The highest BCUT2D eigenvalue weighted by Crippen LogP contribution is 2.40. The Hall–Kier alpha value is -1.51. The lowest BCUT2D eigenvalue weighted by Crippen LogP contribution is -2.50. The molecule has 2 N–H and O–H groups in total. The van der Waals surface area contributed by atoms with Gasteiger partial charge in [0.1, 0.15) is 17.8 Å². The van der Waals surface area contributed by atoms with Crippen molar-refractivity contribution in [3.63, 3.8) is 0 Å². The Morgan fingerprint density at radius 1 is 1.35 bits per heavy atom. The van der Waals surface area contributed by atoms with Crippen LogP contribution < -0.4 is 5.32 Å². The minimum Gasteiger partial charge on any atom is -0.384 e.